The number of hydrogen-bond acceptors (Lipinski definition) is 6. The average molecular weight is 318 g/mol. The molecule has 0 bridgehead atoms. The monoisotopic (exact) mass is 318 g/mol. The fourth-order valence-corrected chi connectivity index (χ4v) is 3.47. The van der Waals surface area contributed by atoms with Crippen molar-refractivity contribution in [2.75, 3.05) is 50.2 Å². The van der Waals surface area contributed by atoms with Gasteiger partial charge in [0.2, 0.25) is 0 Å². The van der Waals surface area contributed by atoms with Gasteiger partial charge in [0.05, 0.1) is 19.2 Å². The summed E-state index contributed by atoms with van der Waals surface area (Å²) in [6, 6.07) is 2.04. The standard InChI is InChI=1S/C17H26N4O2/c1-20(2)15-7-16(19-12-18-15)21-10-17(11-21)8-14(5-6-23-17)22-9-13-3-4-13/h7,12-14H,3-6,8-11H2,1-2H3. The lowest BCUT2D eigenvalue weighted by atomic mass is 9.84. The van der Waals surface area contributed by atoms with Crippen molar-refractivity contribution in [3.05, 3.63) is 12.4 Å². The molecule has 0 aromatic carbocycles. The molecule has 6 nitrogen and oxygen atoms in total. The summed E-state index contributed by atoms with van der Waals surface area (Å²) < 4.78 is 12.2. The van der Waals surface area contributed by atoms with Gasteiger partial charge in [0, 0.05) is 39.8 Å². The van der Waals surface area contributed by atoms with Gasteiger partial charge in [-0.05, 0) is 25.2 Å². The maximum absolute atomic E-state index is 6.11. The van der Waals surface area contributed by atoms with E-state index in [0.717, 1.165) is 56.7 Å². The van der Waals surface area contributed by atoms with Gasteiger partial charge in [-0.2, -0.15) is 0 Å². The molecule has 0 radical (unpaired) electrons. The molecule has 1 spiro atoms. The highest BCUT2D eigenvalue weighted by Crippen LogP contribution is 2.38. The van der Waals surface area contributed by atoms with Crippen LogP contribution in [0.4, 0.5) is 11.6 Å². The molecule has 2 saturated heterocycles. The van der Waals surface area contributed by atoms with Crippen LogP contribution >= 0.6 is 0 Å². The summed E-state index contributed by atoms with van der Waals surface area (Å²) in [5.74, 6) is 2.75. The van der Waals surface area contributed by atoms with E-state index in [2.05, 4.69) is 14.9 Å². The molecule has 3 aliphatic rings. The summed E-state index contributed by atoms with van der Waals surface area (Å²) in [5, 5.41) is 0. The Morgan fingerprint density at radius 1 is 1.30 bits per heavy atom. The van der Waals surface area contributed by atoms with E-state index in [1.165, 1.54) is 12.8 Å². The van der Waals surface area contributed by atoms with Gasteiger partial charge in [0.15, 0.2) is 0 Å². The minimum atomic E-state index is -0.0320. The van der Waals surface area contributed by atoms with E-state index in [9.17, 15) is 0 Å². The van der Waals surface area contributed by atoms with E-state index in [4.69, 9.17) is 9.47 Å². The SMILES string of the molecule is CN(C)c1cc(N2CC3(CC(OCC4CC4)CCO3)C2)ncn1. The second kappa shape index (κ2) is 5.91. The van der Waals surface area contributed by atoms with Crippen LogP contribution in [0.3, 0.4) is 0 Å². The van der Waals surface area contributed by atoms with Crippen molar-refractivity contribution in [1.29, 1.82) is 0 Å². The minimum absolute atomic E-state index is 0.0320. The largest absolute Gasteiger partial charge is 0.378 e. The van der Waals surface area contributed by atoms with Gasteiger partial charge >= 0.3 is 0 Å². The third kappa shape index (κ3) is 3.28. The summed E-state index contributed by atoms with van der Waals surface area (Å²) in [7, 11) is 3.99. The zero-order chi connectivity index (χ0) is 15.9. The van der Waals surface area contributed by atoms with Gasteiger partial charge in [-0.25, -0.2) is 9.97 Å². The Hall–Kier alpha value is -1.40. The Balaban J connectivity index is 1.34. The molecule has 1 atom stereocenters. The molecule has 1 unspecified atom stereocenters. The van der Waals surface area contributed by atoms with E-state index in [-0.39, 0.29) is 5.60 Å². The second-order valence-corrected chi connectivity index (χ2v) is 7.41. The van der Waals surface area contributed by atoms with Crippen molar-refractivity contribution in [3.8, 4) is 0 Å². The predicted molar refractivity (Wildman–Crippen MR) is 89.0 cm³/mol. The lowest BCUT2D eigenvalue weighted by molar-refractivity contribution is -0.146. The van der Waals surface area contributed by atoms with Crippen LogP contribution in [-0.2, 0) is 9.47 Å². The molecule has 6 heteroatoms. The average Bonchev–Trinajstić information content (AvgIpc) is 3.35. The van der Waals surface area contributed by atoms with E-state index < -0.39 is 0 Å². The molecule has 0 N–H and O–H groups in total. The number of aromatic nitrogens is 2. The Bertz CT molecular complexity index is 555. The first-order valence-electron chi connectivity index (χ1n) is 8.63. The van der Waals surface area contributed by atoms with Crippen LogP contribution in [-0.4, -0.2) is 62.1 Å². The van der Waals surface area contributed by atoms with E-state index in [1.807, 2.05) is 25.1 Å². The maximum atomic E-state index is 6.11. The zero-order valence-electron chi connectivity index (χ0n) is 14.1. The van der Waals surface area contributed by atoms with Crippen molar-refractivity contribution < 1.29 is 9.47 Å². The van der Waals surface area contributed by atoms with Crippen molar-refractivity contribution in [3.63, 3.8) is 0 Å². The molecule has 1 aromatic heterocycles. The van der Waals surface area contributed by atoms with Crippen LogP contribution in [0.2, 0.25) is 0 Å². The summed E-state index contributed by atoms with van der Waals surface area (Å²) in [4.78, 5) is 13.0. The molecule has 0 amide bonds. The minimum Gasteiger partial charge on any atom is -0.378 e. The van der Waals surface area contributed by atoms with Gasteiger partial charge in [-0.15, -0.1) is 0 Å². The number of anilines is 2. The Morgan fingerprint density at radius 2 is 2.13 bits per heavy atom. The van der Waals surface area contributed by atoms with E-state index in [1.54, 1.807) is 6.33 Å². The number of rotatable bonds is 5. The zero-order valence-corrected chi connectivity index (χ0v) is 14.1. The number of nitrogens with zero attached hydrogens (tertiary/aromatic N) is 4. The molecule has 3 fully saturated rings. The molecule has 23 heavy (non-hydrogen) atoms. The highest BCUT2D eigenvalue weighted by molar-refractivity contribution is 5.52. The summed E-state index contributed by atoms with van der Waals surface area (Å²) >= 11 is 0. The predicted octanol–water partition coefficient (Wildman–Crippen LogP) is 1.71. The van der Waals surface area contributed by atoms with Crippen LogP contribution < -0.4 is 9.80 Å². The Labute approximate surface area is 137 Å². The first kappa shape index (κ1) is 15.1. The van der Waals surface area contributed by atoms with Crippen molar-refractivity contribution in [2.45, 2.75) is 37.4 Å². The third-order valence-corrected chi connectivity index (χ3v) is 5.09. The summed E-state index contributed by atoms with van der Waals surface area (Å²) in [6.07, 6.45) is 6.76. The lowest BCUT2D eigenvalue weighted by Gasteiger charge is -2.53. The highest BCUT2D eigenvalue weighted by Gasteiger charge is 2.48. The van der Waals surface area contributed by atoms with Crippen LogP contribution in [0.15, 0.2) is 12.4 Å². The van der Waals surface area contributed by atoms with Gasteiger partial charge in [0.1, 0.15) is 23.6 Å². The number of hydrogen-bond donors (Lipinski definition) is 0. The van der Waals surface area contributed by atoms with Crippen molar-refractivity contribution >= 4 is 11.6 Å². The number of ether oxygens (including phenoxy) is 2. The fraction of sp³-hybridized carbons (Fsp3) is 0.765. The quantitative estimate of drug-likeness (QED) is 0.824. The van der Waals surface area contributed by atoms with Crippen LogP contribution in [0.5, 0.6) is 0 Å². The van der Waals surface area contributed by atoms with Gasteiger partial charge in [-0.1, -0.05) is 0 Å². The van der Waals surface area contributed by atoms with E-state index in [0.29, 0.717) is 6.10 Å². The molecule has 2 aliphatic heterocycles. The summed E-state index contributed by atoms with van der Waals surface area (Å²) in [6.45, 7) is 3.57. The second-order valence-electron chi connectivity index (χ2n) is 7.41. The smallest absolute Gasteiger partial charge is 0.134 e. The molecule has 1 saturated carbocycles. The molecule has 3 heterocycles. The van der Waals surface area contributed by atoms with Crippen LogP contribution in [0.1, 0.15) is 25.7 Å². The topological polar surface area (TPSA) is 50.7 Å². The third-order valence-electron chi connectivity index (χ3n) is 5.09. The van der Waals surface area contributed by atoms with Gasteiger partial charge in [0.25, 0.3) is 0 Å². The van der Waals surface area contributed by atoms with Gasteiger partial charge in [-0.3, -0.25) is 0 Å². The van der Waals surface area contributed by atoms with Crippen LogP contribution in [0, 0.1) is 5.92 Å². The first-order valence-corrected chi connectivity index (χ1v) is 8.63. The Morgan fingerprint density at radius 3 is 2.87 bits per heavy atom. The van der Waals surface area contributed by atoms with Gasteiger partial charge < -0.3 is 19.3 Å². The normalized spacial score (nSPS) is 26.2. The fourth-order valence-electron chi connectivity index (χ4n) is 3.47. The molecule has 126 valence electrons. The lowest BCUT2D eigenvalue weighted by Crippen LogP contribution is -2.66. The van der Waals surface area contributed by atoms with Crippen molar-refractivity contribution in [1.82, 2.24) is 9.97 Å². The molecule has 4 rings (SSSR count). The summed E-state index contributed by atoms with van der Waals surface area (Å²) in [5.41, 5.74) is -0.0320. The molecular formula is C17H26N4O2. The highest BCUT2D eigenvalue weighted by atomic mass is 16.5. The molecule has 1 aromatic rings. The van der Waals surface area contributed by atoms with Crippen LogP contribution in [0.25, 0.3) is 0 Å². The van der Waals surface area contributed by atoms with E-state index >= 15 is 0 Å². The molecular weight excluding hydrogens is 292 g/mol. The Kier molecular flexibility index (Phi) is 3.89. The van der Waals surface area contributed by atoms with Crippen molar-refractivity contribution in [2.24, 2.45) is 5.92 Å². The maximum Gasteiger partial charge on any atom is 0.134 e. The molecule has 1 aliphatic carbocycles. The first-order chi connectivity index (χ1) is 11.1.